The fourth-order valence-electron chi connectivity index (χ4n) is 3.01. The molecule has 11 heteroatoms. The number of halogens is 4. The number of rotatable bonds is 6. The summed E-state index contributed by atoms with van der Waals surface area (Å²) in [5, 5.41) is 12.0. The van der Waals surface area contributed by atoms with Gasteiger partial charge in [0, 0.05) is 18.2 Å². The van der Waals surface area contributed by atoms with Crippen molar-refractivity contribution in [1.29, 1.82) is 0 Å². The summed E-state index contributed by atoms with van der Waals surface area (Å²) in [6.07, 6.45) is -3.04. The fraction of sp³-hybridized carbons (Fsp3) is 0.238. The zero-order valence-electron chi connectivity index (χ0n) is 16.5. The molecule has 0 aliphatic heterocycles. The van der Waals surface area contributed by atoms with Crippen LogP contribution in [-0.2, 0) is 12.7 Å². The van der Waals surface area contributed by atoms with Crippen molar-refractivity contribution in [2.24, 2.45) is 0 Å². The lowest BCUT2D eigenvalue weighted by Gasteiger charge is -2.11. The molecule has 1 aromatic heterocycles. The first-order valence-corrected chi connectivity index (χ1v) is 9.69. The molecule has 1 fully saturated rings. The number of carbonyl (C=O) groups is 2. The summed E-state index contributed by atoms with van der Waals surface area (Å²) >= 11 is 0. The van der Waals surface area contributed by atoms with E-state index in [4.69, 9.17) is 0 Å². The van der Waals surface area contributed by atoms with Crippen LogP contribution in [0.5, 0.6) is 0 Å². The van der Waals surface area contributed by atoms with Gasteiger partial charge < -0.3 is 10.6 Å². The fourth-order valence-corrected chi connectivity index (χ4v) is 3.01. The lowest BCUT2D eigenvalue weighted by molar-refractivity contribution is -0.143. The second-order valence-electron chi connectivity index (χ2n) is 7.30. The van der Waals surface area contributed by atoms with Gasteiger partial charge in [-0.1, -0.05) is 23.4 Å². The van der Waals surface area contributed by atoms with Crippen LogP contribution in [0.3, 0.4) is 0 Å². The van der Waals surface area contributed by atoms with Crippen molar-refractivity contribution in [3.8, 4) is 5.69 Å². The highest BCUT2D eigenvalue weighted by Crippen LogP contribution is 2.32. The Morgan fingerprint density at radius 3 is 2.41 bits per heavy atom. The maximum atomic E-state index is 13.7. The van der Waals surface area contributed by atoms with Gasteiger partial charge in [0.25, 0.3) is 11.8 Å². The van der Waals surface area contributed by atoms with Crippen LogP contribution in [0, 0.1) is 5.82 Å². The molecule has 0 bridgehead atoms. The highest BCUT2D eigenvalue weighted by Gasteiger charge is 2.42. The molecule has 4 rings (SSSR count). The van der Waals surface area contributed by atoms with E-state index in [0.29, 0.717) is 15.8 Å². The summed E-state index contributed by atoms with van der Waals surface area (Å²) in [6, 6.07) is 10.9. The number of aromatic nitrogens is 3. The number of nitrogens with one attached hydrogen (secondary N) is 2. The van der Waals surface area contributed by atoms with Crippen molar-refractivity contribution < 1.29 is 27.2 Å². The third-order valence-corrected chi connectivity index (χ3v) is 4.79. The Hall–Kier alpha value is -3.76. The van der Waals surface area contributed by atoms with Gasteiger partial charge in [-0.25, -0.2) is 9.07 Å². The Morgan fingerprint density at radius 1 is 1.06 bits per heavy atom. The van der Waals surface area contributed by atoms with Crippen LogP contribution in [0.4, 0.5) is 17.6 Å². The average molecular weight is 447 g/mol. The van der Waals surface area contributed by atoms with E-state index in [1.54, 1.807) is 24.3 Å². The molecule has 2 aromatic carbocycles. The second-order valence-corrected chi connectivity index (χ2v) is 7.30. The van der Waals surface area contributed by atoms with E-state index >= 15 is 0 Å². The highest BCUT2D eigenvalue weighted by molar-refractivity contribution is 5.95. The molecule has 3 aromatic rings. The van der Waals surface area contributed by atoms with Gasteiger partial charge in [-0.3, -0.25) is 9.59 Å². The number of alkyl halides is 3. The highest BCUT2D eigenvalue weighted by atomic mass is 19.4. The van der Waals surface area contributed by atoms with Crippen molar-refractivity contribution in [3.05, 3.63) is 76.9 Å². The van der Waals surface area contributed by atoms with E-state index in [-0.39, 0.29) is 24.2 Å². The number of hydrogen-bond acceptors (Lipinski definition) is 4. The van der Waals surface area contributed by atoms with Gasteiger partial charge in [0.2, 0.25) is 0 Å². The molecule has 0 atom stereocenters. The molecule has 0 radical (unpaired) electrons. The van der Waals surface area contributed by atoms with Gasteiger partial charge >= 0.3 is 6.18 Å². The maximum absolute atomic E-state index is 13.7. The van der Waals surface area contributed by atoms with Gasteiger partial charge in [-0.15, -0.1) is 5.10 Å². The molecule has 166 valence electrons. The molecule has 1 heterocycles. The van der Waals surface area contributed by atoms with E-state index < -0.39 is 29.3 Å². The molecule has 0 saturated heterocycles. The number of carbonyl (C=O) groups excluding carboxylic acids is 2. The van der Waals surface area contributed by atoms with Gasteiger partial charge in [0.05, 0.1) is 5.69 Å². The lowest BCUT2D eigenvalue weighted by Crippen LogP contribution is -2.27. The number of hydrogen-bond donors (Lipinski definition) is 2. The van der Waals surface area contributed by atoms with Crippen LogP contribution in [0.15, 0.2) is 48.5 Å². The van der Waals surface area contributed by atoms with Gasteiger partial charge in [0.1, 0.15) is 5.82 Å². The summed E-state index contributed by atoms with van der Waals surface area (Å²) in [6.45, 7) is -0.0898. The quantitative estimate of drug-likeness (QED) is 0.568. The van der Waals surface area contributed by atoms with E-state index in [9.17, 15) is 27.2 Å². The number of nitrogens with zero attached hydrogens (tertiary/aromatic N) is 3. The van der Waals surface area contributed by atoms with Crippen LogP contribution < -0.4 is 10.6 Å². The molecule has 1 aliphatic rings. The SMILES string of the molecule is O=C(NC1CC1)c1ccc(CNC(=O)c2nnn(-c3cccc(F)c3)c2C(F)(F)F)cc1. The van der Waals surface area contributed by atoms with E-state index in [2.05, 4.69) is 20.9 Å². The van der Waals surface area contributed by atoms with E-state index in [1.807, 2.05) is 0 Å². The molecular weight excluding hydrogens is 430 g/mol. The zero-order chi connectivity index (χ0) is 22.9. The Morgan fingerprint density at radius 2 is 1.78 bits per heavy atom. The van der Waals surface area contributed by atoms with Crippen LogP contribution in [0.1, 0.15) is 44.9 Å². The predicted molar refractivity (Wildman–Crippen MR) is 104 cm³/mol. The third-order valence-electron chi connectivity index (χ3n) is 4.79. The average Bonchev–Trinajstić information content (AvgIpc) is 3.44. The minimum absolute atomic E-state index is 0.0898. The molecule has 2 N–H and O–H groups in total. The molecule has 32 heavy (non-hydrogen) atoms. The van der Waals surface area contributed by atoms with Crippen molar-refractivity contribution in [2.75, 3.05) is 0 Å². The lowest BCUT2D eigenvalue weighted by atomic mass is 10.1. The minimum atomic E-state index is -4.96. The molecule has 1 aliphatic carbocycles. The standard InChI is InChI=1S/C21H17F4N5O2/c22-14-2-1-3-16(10-14)30-18(21(23,24)25)17(28-29-30)20(32)26-11-12-4-6-13(7-5-12)19(31)27-15-8-9-15/h1-7,10,15H,8-9,11H2,(H,26,32)(H,27,31). The van der Waals surface area contributed by atoms with Crippen molar-refractivity contribution in [2.45, 2.75) is 31.6 Å². The Labute approximate surface area is 179 Å². The normalized spacial score (nSPS) is 13.6. The van der Waals surface area contributed by atoms with Gasteiger partial charge in [-0.05, 0) is 48.7 Å². The van der Waals surface area contributed by atoms with Gasteiger partial charge in [0.15, 0.2) is 11.4 Å². The summed E-state index contributed by atoms with van der Waals surface area (Å²) in [5.74, 6) is -2.05. The van der Waals surface area contributed by atoms with E-state index in [1.165, 1.54) is 12.1 Å². The topological polar surface area (TPSA) is 88.9 Å². The smallest absolute Gasteiger partial charge is 0.349 e. The molecular formula is C21H17F4N5O2. The first kappa shape index (κ1) is 21.5. The Bertz CT molecular complexity index is 1150. The molecule has 2 amide bonds. The van der Waals surface area contributed by atoms with Gasteiger partial charge in [-0.2, -0.15) is 13.2 Å². The Kier molecular flexibility index (Phi) is 5.64. The van der Waals surface area contributed by atoms with Crippen LogP contribution in [0.25, 0.3) is 5.69 Å². The molecule has 1 saturated carbocycles. The number of benzene rings is 2. The van der Waals surface area contributed by atoms with Crippen LogP contribution in [-0.4, -0.2) is 32.9 Å². The molecule has 7 nitrogen and oxygen atoms in total. The summed E-state index contributed by atoms with van der Waals surface area (Å²) in [7, 11) is 0. The van der Waals surface area contributed by atoms with Crippen molar-refractivity contribution >= 4 is 11.8 Å². The first-order valence-electron chi connectivity index (χ1n) is 9.69. The monoisotopic (exact) mass is 447 g/mol. The second kappa shape index (κ2) is 8.40. The summed E-state index contributed by atoms with van der Waals surface area (Å²) in [4.78, 5) is 24.4. The molecule has 0 unspecified atom stereocenters. The predicted octanol–water partition coefficient (Wildman–Crippen LogP) is 3.25. The maximum Gasteiger partial charge on any atom is 0.435 e. The summed E-state index contributed by atoms with van der Waals surface area (Å²) < 4.78 is 54.8. The van der Waals surface area contributed by atoms with Crippen LogP contribution >= 0.6 is 0 Å². The largest absolute Gasteiger partial charge is 0.435 e. The molecule has 0 spiro atoms. The minimum Gasteiger partial charge on any atom is -0.349 e. The number of amides is 2. The third kappa shape index (κ3) is 4.76. The Balaban J connectivity index is 1.49. The summed E-state index contributed by atoms with van der Waals surface area (Å²) in [5.41, 5.74) is -1.53. The first-order chi connectivity index (χ1) is 15.2. The van der Waals surface area contributed by atoms with Crippen molar-refractivity contribution in [1.82, 2.24) is 25.6 Å². The zero-order valence-corrected chi connectivity index (χ0v) is 16.5. The van der Waals surface area contributed by atoms with Crippen LogP contribution in [0.2, 0.25) is 0 Å². The van der Waals surface area contributed by atoms with E-state index in [0.717, 1.165) is 25.0 Å². The van der Waals surface area contributed by atoms with Crippen molar-refractivity contribution in [3.63, 3.8) is 0 Å².